The summed E-state index contributed by atoms with van der Waals surface area (Å²) in [5.41, 5.74) is 0.964. The Morgan fingerprint density at radius 1 is 1.26 bits per heavy atom. The highest BCUT2D eigenvalue weighted by Crippen LogP contribution is 2.26. The second-order valence-corrected chi connectivity index (χ2v) is 9.58. The molecule has 0 radical (unpaired) electrons. The summed E-state index contributed by atoms with van der Waals surface area (Å²) in [6.07, 6.45) is 4.33. The van der Waals surface area contributed by atoms with Gasteiger partial charge in [0.1, 0.15) is 5.82 Å². The molecule has 0 spiro atoms. The van der Waals surface area contributed by atoms with Gasteiger partial charge < -0.3 is 0 Å². The summed E-state index contributed by atoms with van der Waals surface area (Å²) in [6, 6.07) is 9.99. The topological polar surface area (TPSA) is 53.5 Å². The van der Waals surface area contributed by atoms with Crippen LogP contribution < -0.4 is 0 Å². The van der Waals surface area contributed by atoms with Crippen LogP contribution >= 0.6 is 15.9 Å². The number of piperidine rings is 1. The summed E-state index contributed by atoms with van der Waals surface area (Å²) >= 11 is 3.24. The SMILES string of the molecule is CC1CCCCN1S(=O)(=O)N(Cc1ccccn1)Cc1ccc(Br)cc1F. The first kappa shape index (κ1) is 20.4. The van der Waals surface area contributed by atoms with Gasteiger partial charge in [-0.2, -0.15) is 17.0 Å². The molecule has 1 fully saturated rings. The van der Waals surface area contributed by atoms with E-state index in [4.69, 9.17) is 0 Å². The standard InChI is InChI=1S/C19H23BrFN3O2S/c1-15-6-3-5-11-24(15)27(25,26)23(14-18-7-2-4-10-22-18)13-16-8-9-17(20)12-19(16)21/h2,4,7-10,12,15H,3,5-6,11,13-14H2,1H3. The molecule has 3 rings (SSSR count). The zero-order valence-corrected chi connectivity index (χ0v) is 17.6. The van der Waals surface area contributed by atoms with Gasteiger partial charge in [-0.25, -0.2) is 4.39 Å². The van der Waals surface area contributed by atoms with Crippen molar-refractivity contribution in [1.29, 1.82) is 0 Å². The number of pyridine rings is 1. The van der Waals surface area contributed by atoms with Gasteiger partial charge in [-0.15, -0.1) is 0 Å². The van der Waals surface area contributed by atoms with Gasteiger partial charge in [0.15, 0.2) is 0 Å². The average Bonchev–Trinajstić information content (AvgIpc) is 2.64. The van der Waals surface area contributed by atoms with Gasteiger partial charge in [0.05, 0.1) is 12.2 Å². The normalized spacial score (nSPS) is 18.7. The molecule has 0 bridgehead atoms. The smallest absolute Gasteiger partial charge is 0.260 e. The first-order valence-electron chi connectivity index (χ1n) is 8.98. The molecule has 0 N–H and O–H groups in total. The summed E-state index contributed by atoms with van der Waals surface area (Å²) < 4.78 is 44.6. The summed E-state index contributed by atoms with van der Waals surface area (Å²) in [5.74, 6) is -0.433. The number of aromatic nitrogens is 1. The van der Waals surface area contributed by atoms with Crippen LogP contribution in [0.1, 0.15) is 37.4 Å². The van der Waals surface area contributed by atoms with E-state index < -0.39 is 16.0 Å². The largest absolute Gasteiger partial charge is 0.282 e. The molecule has 2 heterocycles. The number of rotatable bonds is 6. The fraction of sp³-hybridized carbons (Fsp3) is 0.421. The monoisotopic (exact) mass is 455 g/mol. The van der Waals surface area contributed by atoms with Crippen molar-refractivity contribution in [3.05, 3.63) is 64.1 Å². The molecule has 1 unspecified atom stereocenters. The first-order chi connectivity index (χ1) is 12.9. The Kier molecular flexibility index (Phi) is 6.62. The molecule has 0 amide bonds. The van der Waals surface area contributed by atoms with Crippen LogP contribution in [0.25, 0.3) is 0 Å². The maximum Gasteiger partial charge on any atom is 0.282 e. The maximum absolute atomic E-state index is 14.4. The van der Waals surface area contributed by atoms with Gasteiger partial charge in [0, 0.05) is 35.4 Å². The van der Waals surface area contributed by atoms with E-state index in [0.717, 1.165) is 19.3 Å². The van der Waals surface area contributed by atoms with Crippen molar-refractivity contribution in [2.24, 2.45) is 0 Å². The molecule has 1 atom stereocenters. The lowest BCUT2D eigenvalue weighted by Gasteiger charge is -2.36. The Labute approximate surface area is 168 Å². The van der Waals surface area contributed by atoms with Gasteiger partial charge in [-0.05, 0) is 44.0 Å². The average molecular weight is 456 g/mol. The molecule has 8 heteroatoms. The van der Waals surface area contributed by atoms with Crippen LogP contribution in [0, 0.1) is 5.82 Å². The quantitative estimate of drug-likeness (QED) is 0.658. The number of hydrogen-bond acceptors (Lipinski definition) is 3. The lowest BCUT2D eigenvalue weighted by molar-refractivity contribution is 0.239. The highest BCUT2D eigenvalue weighted by molar-refractivity contribution is 9.10. The van der Waals surface area contributed by atoms with Crippen molar-refractivity contribution in [2.45, 2.75) is 45.3 Å². The molecular weight excluding hydrogens is 433 g/mol. The molecule has 2 aromatic rings. The molecular formula is C19H23BrFN3O2S. The van der Waals surface area contributed by atoms with Crippen molar-refractivity contribution < 1.29 is 12.8 Å². The van der Waals surface area contributed by atoms with E-state index >= 15 is 0 Å². The second-order valence-electron chi connectivity index (χ2n) is 6.79. The Morgan fingerprint density at radius 2 is 2.07 bits per heavy atom. The molecule has 1 aromatic carbocycles. The highest BCUT2D eigenvalue weighted by atomic mass is 79.9. The molecule has 0 aliphatic carbocycles. The van der Waals surface area contributed by atoms with E-state index in [-0.39, 0.29) is 19.1 Å². The fourth-order valence-electron chi connectivity index (χ4n) is 3.29. The van der Waals surface area contributed by atoms with Crippen molar-refractivity contribution in [3.8, 4) is 0 Å². The van der Waals surface area contributed by atoms with Crippen molar-refractivity contribution in [1.82, 2.24) is 13.6 Å². The van der Waals surface area contributed by atoms with E-state index in [1.165, 1.54) is 14.7 Å². The third-order valence-electron chi connectivity index (χ3n) is 4.79. The molecule has 0 saturated carbocycles. The van der Waals surface area contributed by atoms with Gasteiger partial charge >= 0.3 is 0 Å². The molecule has 1 saturated heterocycles. The van der Waals surface area contributed by atoms with Crippen molar-refractivity contribution >= 4 is 26.1 Å². The maximum atomic E-state index is 14.4. The molecule has 1 aliphatic heterocycles. The van der Waals surface area contributed by atoms with E-state index in [0.29, 0.717) is 22.3 Å². The lowest BCUT2D eigenvalue weighted by atomic mass is 10.1. The third kappa shape index (κ3) is 4.93. The van der Waals surface area contributed by atoms with Crippen molar-refractivity contribution in [2.75, 3.05) is 6.54 Å². The molecule has 146 valence electrons. The van der Waals surface area contributed by atoms with Crippen LogP contribution in [0.3, 0.4) is 0 Å². The predicted octanol–water partition coefficient (Wildman–Crippen LogP) is 4.10. The Balaban J connectivity index is 1.93. The minimum atomic E-state index is -3.75. The minimum absolute atomic E-state index is 0.0404. The first-order valence-corrected chi connectivity index (χ1v) is 11.2. The molecule has 5 nitrogen and oxygen atoms in total. The van der Waals surface area contributed by atoms with Crippen LogP contribution in [0.4, 0.5) is 4.39 Å². The predicted molar refractivity (Wildman–Crippen MR) is 107 cm³/mol. The summed E-state index contributed by atoms with van der Waals surface area (Å²) in [6.45, 7) is 2.48. The van der Waals surface area contributed by atoms with Crippen molar-refractivity contribution in [3.63, 3.8) is 0 Å². The summed E-state index contributed by atoms with van der Waals surface area (Å²) in [7, 11) is -3.75. The van der Waals surface area contributed by atoms with Gasteiger partial charge in [0.2, 0.25) is 0 Å². The van der Waals surface area contributed by atoms with E-state index in [9.17, 15) is 12.8 Å². The second kappa shape index (κ2) is 8.77. The number of halogens is 2. The molecule has 1 aliphatic rings. The fourth-order valence-corrected chi connectivity index (χ4v) is 5.44. The van der Waals surface area contributed by atoms with E-state index in [1.807, 2.05) is 13.0 Å². The van der Waals surface area contributed by atoms with Crippen LogP contribution in [-0.4, -0.2) is 34.6 Å². The zero-order chi connectivity index (χ0) is 19.4. The van der Waals surface area contributed by atoms with Crippen LogP contribution in [0.15, 0.2) is 47.1 Å². The Morgan fingerprint density at radius 3 is 2.74 bits per heavy atom. The van der Waals surface area contributed by atoms with Gasteiger partial charge in [0.25, 0.3) is 10.2 Å². The molecule has 1 aromatic heterocycles. The lowest BCUT2D eigenvalue weighted by Crippen LogP contribution is -2.49. The Hall–Kier alpha value is -1.35. The van der Waals surface area contributed by atoms with Gasteiger partial charge in [-0.3, -0.25) is 4.98 Å². The molecule has 27 heavy (non-hydrogen) atoms. The summed E-state index contributed by atoms with van der Waals surface area (Å²) in [4.78, 5) is 4.25. The van der Waals surface area contributed by atoms with E-state index in [2.05, 4.69) is 20.9 Å². The minimum Gasteiger partial charge on any atom is -0.260 e. The van der Waals surface area contributed by atoms with Crippen LogP contribution in [0.5, 0.6) is 0 Å². The highest BCUT2D eigenvalue weighted by Gasteiger charge is 2.35. The van der Waals surface area contributed by atoms with E-state index in [1.54, 1.807) is 30.5 Å². The zero-order valence-electron chi connectivity index (χ0n) is 15.2. The van der Waals surface area contributed by atoms with Gasteiger partial charge in [-0.1, -0.05) is 34.5 Å². The third-order valence-corrected chi connectivity index (χ3v) is 7.33. The number of nitrogens with zero attached hydrogens (tertiary/aromatic N) is 3. The summed E-state index contributed by atoms with van der Waals surface area (Å²) in [5, 5.41) is 0. The number of hydrogen-bond donors (Lipinski definition) is 0. The number of benzene rings is 1. The Bertz CT molecular complexity index is 880. The van der Waals surface area contributed by atoms with Crippen LogP contribution in [-0.2, 0) is 23.3 Å². The van der Waals surface area contributed by atoms with Crippen LogP contribution in [0.2, 0.25) is 0 Å².